The van der Waals surface area contributed by atoms with Gasteiger partial charge < -0.3 is 5.73 Å². The molecule has 0 saturated carbocycles. The topological polar surface area (TPSA) is 56.0 Å². The van der Waals surface area contributed by atoms with Crippen LogP contribution in [-0.4, -0.2) is 10.9 Å². The fourth-order valence-electron chi connectivity index (χ4n) is 1.02. The minimum Gasteiger partial charge on any atom is -0.369 e. The standard InChI is InChI=1S/C10H11ClN2O/c1-7-8(3-2-4-10(12)14)5-6-9(11)13-7/h2-3,5-6H,4H2,1H3,(H2,12,14). The number of nitrogens with two attached hydrogens (primary N) is 1. The molecule has 0 radical (unpaired) electrons. The Morgan fingerprint density at radius 1 is 1.64 bits per heavy atom. The van der Waals surface area contributed by atoms with Crippen LogP contribution in [0, 0.1) is 6.92 Å². The Morgan fingerprint density at radius 3 is 2.93 bits per heavy atom. The zero-order chi connectivity index (χ0) is 10.6. The minimum atomic E-state index is -0.346. The van der Waals surface area contributed by atoms with Gasteiger partial charge in [0.1, 0.15) is 5.15 Å². The first kappa shape index (κ1) is 10.7. The monoisotopic (exact) mass is 210 g/mol. The summed E-state index contributed by atoms with van der Waals surface area (Å²) in [7, 11) is 0. The fraction of sp³-hybridized carbons (Fsp3) is 0.200. The summed E-state index contributed by atoms with van der Waals surface area (Å²) in [6.07, 6.45) is 3.76. The largest absolute Gasteiger partial charge is 0.369 e. The third-order valence-electron chi connectivity index (χ3n) is 1.71. The van der Waals surface area contributed by atoms with Gasteiger partial charge in [0, 0.05) is 12.1 Å². The smallest absolute Gasteiger partial charge is 0.221 e. The van der Waals surface area contributed by atoms with E-state index in [1.54, 1.807) is 12.1 Å². The molecule has 0 aliphatic heterocycles. The normalized spacial score (nSPS) is 10.7. The summed E-state index contributed by atoms with van der Waals surface area (Å²) in [4.78, 5) is 14.5. The molecule has 0 aliphatic rings. The van der Waals surface area contributed by atoms with Gasteiger partial charge in [0.25, 0.3) is 0 Å². The highest BCUT2D eigenvalue weighted by atomic mass is 35.5. The van der Waals surface area contributed by atoms with Gasteiger partial charge in [0.2, 0.25) is 5.91 Å². The van der Waals surface area contributed by atoms with Gasteiger partial charge >= 0.3 is 0 Å². The van der Waals surface area contributed by atoms with Crippen molar-refractivity contribution in [2.45, 2.75) is 13.3 Å². The number of aryl methyl sites for hydroxylation is 1. The molecule has 3 nitrogen and oxygen atoms in total. The number of aromatic nitrogens is 1. The van der Waals surface area contributed by atoms with Gasteiger partial charge in [-0.2, -0.15) is 0 Å². The number of nitrogens with zero attached hydrogens (tertiary/aromatic N) is 1. The van der Waals surface area contributed by atoms with Crippen molar-refractivity contribution >= 4 is 23.6 Å². The third kappa shape index (κ3) is 3.18. The number of hydrogen-bond acceptors (Lipinski definition) is 2. The highest BCUT2D eigenvalue weighted by molar-refractivity contribution is 6.29. The summed E-state index contributed by atoms with van der Waals surface area (Å²) in [6.45, 7) is 1.86. The Bertz CT molecular complexity index is 374. The molecule has 1 amide bonds. The first-order valence-corrected chi connectivity index (χ1v) is 4.55. The van der Waals surface area contributed by atoms with Gasteiger partial charge in [-0.3, -0.25) is 4.79 Å². The highest BCUT2D eigenvalue weighted by Crippen LogP contribution is 2.12. The van der Waals surface area contributed by atoms with E-state index < -0.39 is 0 Å². The van der Waals surface area contributed by atoms with Crippen molar-refractivity contribution in [3.63, 3.8) is 0 Å². The quantitative estimate of drug-likeness (QED) is 0.776. The zero-order valence-electron chi connectivity index (χ0n) is 7.83. The molecule has 14 heavy (non-hydrogen) atoms. The van der Waals surface area contributed by atoms with Crippen molar-refractivity contribution in [1.82, 2.24) is 4.98 Å². The minimum absolute atomic E-state index is 0.238. The molecule has 74 valence electrons. The molecule has 1 rings (SSSR count). The van der Waals surface area contributed by atoms with Gasteiger partial charge in [-0.25, -0.2) is 4.98 Å². The molecular formula is C10H11ClN2O. The number of primary amides is 1. The number of hydrogen-bond donors (Lipinski definition) is 1. The van der Waals surface area contributed by atoms with Gasteiger partial charge in [-0.1, -0.05) is 29.8 Å². The van der Waals surface area contributed by atoms with E-state index in [0.717, 1.165) is 11.3 Å². The van der Waals surface area contributed by atoms with Crippen LogP contribution in [0.2, 0.25) is 5.15 Å². The van der Waals surface area contributed by atoms with Crippen molar-refractivity contribution in [1.29, 1.82) is 0 Å². The number of halogens is 1. The molecule has 1 aromatic heterocycles. The maximum Gasteiger partial charge on any atom is 0.221 e. The molecule has 2 N–H and O–H groups in total. The Morgan fingerprint density at radius 2 is 2.36 bits per heavy atom. The Hall–Kier alpha value is -1.35. The lowest BCUT2D eigenvalue weighted by atomic mass is 10.2. The molecule has 4 heteroatoms. The molecule has 1 heterocycles. The van der Waals surface area contributed by atoms with E-state index in [-0.39, 0.29) is 12.3 Å². The van der Waals surface area contributed by atoms with E-state index in [4.69, 9.17) is 17.3 Å². The SMILES string of the molecule is Cc1nc(Cl)ccc1C=CCC(N)=O. The van der Waals surface area contributed by atoms with E-state index in [1.165, 1.54) is 0 Å². The van der Waals surface area contributed by atoms with E-state index in [2.05, 4.69) is 4.98 Å². The molecule has 0 atom stereocenters. The predicted octanol–water partition coefficient (Wildman–Crippen LogP) is 1.93. The molecule has 0 spiro atoms. The number of pyridine rings is 1. The molecule has 0 aromatic carbocycles. The van der Waals surface area contributed by atoms with E-state index in [9.17, 15) is 4.79 Å². The summed E-state index contributed by atoms with van der Waals surface area (Å²) >= 11 is 5.69. The average Bonchev–Trinajstić information content (AvgIpc) is 2.08. The van der Waals surface area contributed by atoms with Gasteiger partial charge in [0.05, 0.1) is 0 Å². The fourth-order valence-corrected chi connectivity index (χ4v) is 1.21. The van der Waals surface area contributed by atoms with Crippen LogP contribution in [0.5, 0.6) is 0 Å². The molecule has 0 aliphatic carbocycles. The first-order chi connectivity index (χ1) is 6.59. The molecular weight excluding hydrogens is 200 g/mol. The second kappa shape index (κ2) is 4.77. The van der Waals surface area contributed by atoms with Crippen molar-refractivity contribution in [2.75, 3.05) is 0 Å². The second-order valence-electron chi connectivity index (χ2n) is 2.88. The summed E-state index contributed by atoms with van der Waals surface area (Å²) in [5.41, 5.74) is 6.76. The van der Waals surface area contributed by atoms with E-state index in [1.807, 2.05) is 19.1 Å². The van der Waals surface area contributed by atoms with Gasteiger partial charge in [0.15, 0.2) is 0 Å². The van der Waals surface area contributed by atoms with Crippen molar-refractivity contribution in [3.05, 3.63) is 34.6 Å². The Kier molecular flexibility index (Phi) is 3.65. The highest BCUT2D eigenvalue weighted by Gasteiger charge is 1.96. The van der Waals surface area contributed by atoms with Crippen LogP contribution in [0.25, 0.3) is 6.08 Å². The third-order valence-corrected chi connectivity index (χ3v) is 1.92. The summed E-state index contributed by atoms with van der Waals surface area (Å²) in [5, 5.41) is 0.467. The molecule has 0 unspecified atom stereocenters. The Labute approximate surface area is 87.6 Å². The van der Waals surface area contributed by atoms with E-state index >= 15 is 0 Å². The maximum atomic E-state index is 10.5. The maximum absolute atomic E-state index is 10.5. The lowest BCUT2D eigenvalue weighted by molar-refractivity contribution is -0.117. The van der Waals surface area contributed by atoms with Gasteiger partial charge in [-0.05, 0) is 18.6 Å². The number of carbonyl (C=O) groups excluding carboxylic acids is 1. The predicted molar refractivity (Wildman–Crippen MR) is 56.8 cm³/mol. The lowest BCUT2D eigenvalue weighted by Gasteiger charge is -1.98. The van der Waals surface area contributed by atoms with Crippen molar-refractivity contribution in [2.24, 2.45) is 5.73 Å². The van der Waals surface area contributed by atoms with Crippen LogP contribution in [0.15, 0.2) is 18.2 Å². The van der Waals surface area contributed by atoms with Crippen LogP contribution in [-0.2, 0) is 4.79 Å². The average molecular weight is 211 g/mol. The van der Waals surface area contributed by atoms with Crippen LogP contribution in [0.1, 0.15) is 17.7 Å². The zero-order valence-corrected chi connectivity index (χ0v) is 8.58. The lowest BCUT2D eigenvalue weighted by Crippen LogP contribution is -2.07. The molecule has 1 aromatic rings. The van der Waals surface area contributed by atoms with Crippen LogP contribution in [0.4, 0.5) is 0 Å². The first-order valence-electron chi connectivity index (χ1n) is 4.17. The van der Waals surface area contributed by atoms with Gasteiger partial charge in [-0.15, -0.1) is 0 Å². The van der Waals surface area contributed by atoms with Crippen molar-refractivity contribution in [3.8, 4) is 0 Å². The summed E-state index contributed by atoms with van der Waals surface area (Å²) in [5.74, 6) is -0.346. The van der Waals surface area contributed by atoms with E-state index in [0.29, 0.717) is 5.15 Å². The van der Waals surface area contributed by atoms with Crippen LogP contribution in [0.3, 0.4) is 0 Å². The molecule has 0 fully saturated rings. The number of amides is 1. The van der Waals surface area contributed by atoms with Crippen molar-refractivity contribution < 1.29 is 4.79 Å². The Balaban J connectivity index is 2.76. The van der Waals surface area contributed by atoms with Crippen LogP contribution >= 0.6 is 11.6 Å². The molecule has 0 saturated heterocycles. The summed E-state index contributed by atoms with van der Waals surface area (Å²) < 4.78 is 0. The second-order valence-corrected chi connectivity index (χ2v) is 3.27. The van der Waals surface area contributed by atoms with Crippen LogP contribution < -0.4 is 5.73 Å². The number of carbonyl (C=O) groups is 1. The summed E-state index contributed by atoms with van der Waals surface area (Å²) in [6, 6.07) is 3.56. The number of rotatable bonds is 3. The molecule has 0 bridgehead atoms.